The normalized spacial score (nSPS) is 25.2. The molecule has 4 rings (SSSR count). The van der Waals surface area contributed by atoms with Gasteiger partial charge in [-0.1, -0.05) is 0 Å². The molecule has 1 saturated heterocycles. The Labute approximate surface area is 159 Å². The second kappa shape index (κ2) is 6.55. The molecule has 25 heavy (non-hydrogen) atoms. The van der Waals surface area contributed by atoms with Gasteiger partial charge in [0, 0.05) is 17.2 Å². The Morgan fingerprint density at radius 3 is 2.72 bits per heavy atom. The largest absolute Gasteiger partial charge is 0.544 e. The lowest BCUT2D eigenvalue weighted by molar-refractivity contribution is 0.00810. The topological polar surface area (TPSA) is 38.7 Å². The Bertz CT molecular complexity index is 705. The Kier molecular flexibility index (Phi) is 4.67. The first-order chi connectivity index (χ1) is 11.9. The van der Waals surface area contributed by atoms with Crippen LogP contribution in [0.5, 0.6) is 11.5 Å². The number of hydrogen-bond acceptors (Lipinski definition) is 5. The van der Waals surface area contributed by atoms with E-state index in [1.807, 2.05) is 6.07 Å². The highest BCUT2D eigenvalue weighted by molar-refractivity contribution is 8.18. The third-order valence-electron chi connectivity index (χ3n) is 4.86. The molecule has 1 aromatic rings. The van der Waals surface area contributed by atoms with Gasteiger partial charge in [0.05, 0.1) is 4.08 Å². The number of rotatable bonds is 2. The third kappa shape index (κ3) is 3.63. The molecule has 0 saturated carbocycles. The molecule has 1 spiro atoms. The molecule has 0 radical (unpaired) electrons. The van der Waals surface area contributed by atoms with Gasteiger partial charge in [-0.15, -0.1) is 23.5 Å². The average Bonchev–Trinajstić information content (AvgIpc) is 2.54. The van der Waals surface area contributed by atoms with Crippen molar-refractivity contribution in [3.05, 3.63) is 29.3 Å². The van der Waals surface area contributed by atoms with Crippen molar-refractivity contribution in [3.8, 4) is 11.5 Å². The van der Waals surface area contributed by atoms with Gasteiger partial charge in [0.2, 0.25) is 14.6 Å². The summed E-state index contributed by atoms with van der Waals surface area (Å²) in [7, 11) is -1.66. The van der Waals surface area contributed by atoms with Crippen LogP contribution in [0.15, 0.2) is 23.8 Å². The van der Waals surface area contributed by atoms with Crippen molar-refractivity contribution in [1.82, 2.24) is 0 Å². The lowest BCUT2D eigenvalue weighted by atomic mass is 9.84. The first-order valence-corrected chi connectivity index (χ1v) is 14.4. The number of thioether (sulfide) groups is 2. The van der Waals surface area contributed by atoms with Gasteiger partial charge in [-0.25, -0.2) is 0 Å². The molecule has 0 bridgehead atoms. The van der Waals surface area contributed by atoms with Crippen molar-refractivity contribution in [3.63, 3.8) is 0 Å². The van der Waals surface area contributed by atoms with Crippen molar-refractivity contribution in [2.24, 2.45) is 0 Å². The average molecular weight is 395 g/mol. The molecule has 2 heterocycles. The number of allylic oxidation sites excluding steroid dienone is 1. The first-order valence-electron chi connectivity index (χ1n) is 9.03. The van der Waals surface area contributed by atoms with Gasteiger partial charge in [-0.3, -0.25) is 0 Å². The van der Waals surface area contributed by atoms with E-state index in [9.17, 15) is 5.11 Å². The van der Waals surface area contributed by atoms with E-state index in [1.54, 1.807) is 0 Å². The van der Waals surface area contributed by atoms with Crippen LogP contribution in [0, 0.1) is 0 Å². The van der Waals surface area contributed by atoms with Gasteiger partial charge in [0.15, 0.2) is 0 Å². The van der Waals surface area contributed by atoms with Crippen LogP contribution in [-0.2, 0) is 0 Å². The SMILES string of the molecule is C[Si](C)(C)Oc1ccc2c(c1)OC(O)C1=C2CCC2(C1)SCCCS2. The van der Waals surface area contributed by atoms with E-state index in [-0.39, 0.29) is 4.08 Å². The molecule has 0 aromatic heterocycles. The van der Waals surface area contributed by atoms with Gasteiger partial charge < -0.3 is 14.3 Å². The van der Waals surface area contributed by atoms with Gasteiger partial charge in [0.1, 0.15) is 11.5 Å². The predicted octanol–water partition coefficient (Wildman–Crippen LogP) is 5.12. The first kappa shape index (κ1) is 17.8. The summed E-state index contributed by atoms with van der Waals surface area (Å²) >= 11 is 4.16. The van der Waals surface area contributed by atoms with Crippen molar-refractivity contribution in [1.29, 1.82) is 0 Å². The number of hydrogen-bond donors (Lipinski definition) is 1. The monoisotopic (exact) mass is 394 g/mol. The highest BCUT2D eigenvalue weighted by Gasteiger charge is 2.42. The Morgan fingerprint density at radius 1 is 1.24 bits per heavy atom. The molecular weight excluding hydrogens is 368 g/mol. The maximum absolute atomic E-state index is 10.7. The Hall–Kier alpha value is -0.563. The molecule has 1 aromatic carbocycles. The van der Waals surface area contributed by atoms with E-state index >= 15 is 0 Å². The standard InChI is InChI=1S/C19H26O3S2Si/c1-25(2,3)22-13-5-6-15-14-7-8-19(23-9-4-10-24-19)12-16(14)18(20)21-17(15)11-13/h5-6,11,18,20H,4,7-10,12H2,1-3H3. The summed E-state index contributed by atoms with van der Waals surface area (Å²) in [6.07, 6.45) is 3.62. The van der Waals surface area contributed by atoms with E-state index in [4.69, 9.17) is 9.16 Å². The number of aliphatic hydroxyl groups excluding tert-OH is 1. The van der Waals surface area contributed by atoms with Crippen LogP contribution in [-0.4, -0.2) is 35.3 Å². The second-order valence-corrected chi connectivity index (χ2v) is 15.6. The van der Waals surface area contributed by atoms with E-state index in [0.717, 1.165) is 35.5 Å². The van der Waals surface area contributed by atoms with E-state index in [2.05, 4.69) is 55.3 Å². The van der Waals surface area contributed by atoms with Gasteiger partial charge >= 0.3 is 0 Å². The van der Waals surface area contributed by atoms with Crippen LogP contribution >= 0.6 is 23.5 Å². The molecule has 1 N–H and O–H groups in total. The molecule has 1 fully saturated rings. The highest BCUT2D eigenvalue weighted by atomic mass is 32.2. The molecule has 136 valence electrons. The number of fused-ring (bicyclic) bond motifs is 2. The smallest absolute Gasteiger partial charge is 0.242 e. The third-order valence-corrected chi connectivity index (χ3v) is 9.15. The number of aliphatic hydroxyl groups is 1. The summed E-state index contributed by atoms with van der Waals surface area (Å²) < 4.78 is 12.2. The fraction of sp³-hybridized carbons (Fsp3) is 0.579. The van der Waals surface area contributed by atoms with Crippen molar-refractivity contribution in [2.75, 3.05) is 11.5 Å². The van der Waals surface area contributed by atoms with E-state index in [1.165, 1.54) is 29.9 Å². The molecular formula is C19H26O3S2Si. The Morgan fingerprint density at radius 2 is 2.00 bits per heavy atom. The number of benzene rings is 1. The molecule has 1 aliphatic carbocycles. The fourth-order valence-electron chi connectivity index (χ4n) is 3.83. The summed E-state index contributed by atoms with van der Waals surface area (Å²) in [6, 6.07) is 6.12. The summed E-state index contributed by atoms with van der Waals surface area (Å²) in [5.74, 6) is 4.09. The minimum atomic E-state index is -1.66. The zero-order chi connectivity index (χ0) is 17.7. The lowest BCUT2D eigenvalue weighted by Crippen LogP contribution is -2.35. The van der Waals surface area contributed by atoms with Crippen LogP contribution in [0.4, 0.5) is 0 Å². The fourth-order valence-corrected chi connectivity index (χ4v) is 8.01. The van der Waals surface area contributed by atoms with Crippen LogP contribution in [0.3, 0.4) is 0 Å². The summed E-state index contributed by atoms with van der Waals surface area (Å²) in [4.78, 5) is 0. The van der Waals surface area contributed by atoms with Gasteiger partial charge in [-0.05, 0) is 74.5 Å². The summed E-state index contributed by atoms with van der Waals surface area (Å²) in [5, 5.41) is 10.7. The Balaban J connectivity index is 1.65. The van der Waals surface area contributed by atoms with Crippen LogP contribution in [0.2, 0.25) is 19.6 Å². The molecule has 2 aliphatic heterocycles. The molecule has 3 nitrogen and oxygen atoms in total. The number of ether oxygens (including phenoxy) is 1. The van der Waals surface area contributed by atoms with Crippen molar-refractivity contribution in [2.45, 2.75) is 55.7 Å². The second-order valence-electron chi connectivity index (χ2n) is 7.98. The zero-order valence-electron chi connectivity index (χ0n) is 15.1. The molecule has 0 amide bonds. The maximum atomic E-state index is 10.7. The molecule has 1 atom stereocenters. The van der Waals surface area contributed by atoms with Crippen molar-refractivity contribution >= 4 is 37.4 Å². The molecule has 3 aliphatic rings. The van der Waals surface area contributed by atoms with E-state index < -0.39 is 14.6 Å². The predicted molar refractivity (Wildman–Crippen MR) is 110 cm³/mol. The minimum absolute atomic E-state index is 0.250. The minimum Gasteiger partial charge on any atom is -0.544 e. The quantitative estimate of drug-likeness (QED) is 0.705. The molecule has 6 heteroatoms. The van der Waals surface area contributed by atoms with Crippen LogP contribution in [0.1, 0.15) is 31.2 Å². The molecule has 1 unspecified atom stereocenters. The van der Waals surface area contributed by atoms with Gasteiger partial charge in [0.25, 0.3) is 0 Å². The highest BCUT2D eigenvalue weighted by Crippen LogP contribution is 2.56. The maximum Gasteiger partial charge on any atom is 0.242 e. The van der Waals surface area contributed by atoms with Crippen LogP contribution in [0.25, 0.3) is 5.57 Å². The summed E-state index contributed by atoms with van der Waals surface area (Å²) in [6.45, 7) is 6.51. The van der Waals surface area contributed by atoms with Crippen LogP contribution < -0.4 is 9.16 Å². The van der Waals surface area contributed by atoms with E-state index in [0.29, 0.717) is 0 Å². The van der Waals surface area contributed by atoms with Crippen molar-refractivity contribution < 1.29 is 14.3 Å². The van der Waals surface area contributed by atoms with Gasteiger partial charge in [-0.2, -0.15) is 0 Å². The lowest BCUT2D eigenvalue weighted by Gasteiger charge is -2.43. The zero-order valence-corrected chi connectivity index (χ0v) is 17.8. The summed E-state index contributed by atoms with van der Waals surface area (Å²) in [5.41, 5.74) is 3.54.